The Bertz CT molecular complexity index is 602. The molecule has 2 aromatic rings. The second-order valence-electron chi connectivity index (χ2n) is 4.85. The lowest BCUT2D eigenvalue weighted by Gasteiger charge is -2.41. The Balaban J connectivity index is 1.92. The van der Waals surface area contributed by atoms with Gasteiger partial charge >= 0.3 is 0 Å². The Hall–Kier alpha value is -1.29. The van der Waals surface area contributed by atoms with Gasteiger partial charge in [0.2, 0.25) is 0 Å². The van der Waals surface area contributed by atoms with Crippen molar-refractivity contribution >= 4 is 22.4 Å². The minimum Gasteiger partial charge on any atom is -0.487 e. The van der Waals surface area contributed by atoms with Crippen molar-refractivity contribution in [3.05, 3.63) is 41.4 Å². The molecule has 1 saturated carbocycles. The monoisotopic (exact) mass is 277 g/mol. The van der Waals surface area contributed by atoms with Gasteiger partial charge in [-0.25, -0.2) is 0 Å². The van der Waals surface area contributed by atoms with Gasteiger partial charge < -0.3 is 15.2 Å². The van der Waals surface area contributed by atoms with Crippen molar-refractivity contribution in [2.45, 2.75) is 24.7 Å². The maximum Gasteiger partial charge on any atom is 0.128 e. The second-order valence-corrected chi connectivity index (χ2v) is 5.25. The summed E-state index contributed by atoms with van der Waals surface area (Å²) in [5.74, 6) is 0.832. The van der Waals surface area contributed by atoms with E-state index in [4.69, 9.17) is 26.8 Å². The first kappa shape index (κ1) is 12.7. The number of hydrogen-bond donors (Lipinski definition) is 1. The fourth-order valence-corrected chi connectivity index (χ4v) is 2.79. The minimum absolute atomic E-state index is 0.0181. The molecule has 3 atom stereocenters. The third kappa shape index (κ3) is 2.18. The number of ether oxygens (including phenoxy) is 2. The highest BCUT2D eigenvalue weighted by molar-refractivity contribution is 6.35. The van der Waals surface area contributed by atoms with E-state index in [-0.39, 0.29) is 18.2 Å². The van der Waals surface area contributed by atoms with Gasteiger partial charge in [-0.3, -0.25) is 0 Å². The van der Waals surface area contributed by atoms with Crippen LogP contribution in [-0.2, 0) is 4.74 Å². The Kier molecular flexibility index (Phi) is 3.35. The first-order chi connectivity index (χ1) is 9.20. The maximum absolute atomic E-state index is 6.19. The van der Waals surface area contributed by atoms with Gasteiger partial charge in [0, 0.05) is 35.4 Å². The van der Waals surface area contributed by atoms with Crippen molar-refractivity contribution in [2.24, 2.45) is 5.73 Å². The quantitative estimate of drug-likeness (QED) is 0.938. The molecular formula is C15H16ClNO2. The third-order valence-electron chi connectivity index (χ3n) is 3.67. The summed E-state index contributed by atoms with van der Waals surface area (Å²) in [7, 11) is 1.67. The van der Waals surface area contributed by atoms with Crippen LogP contribution in [0.25, 0.3) is 10.8 Å². The van der Waals surface area contributed by atoms with Gasteiger partial charge in [0.25, 0.3) is 0 Å². The number of halogens is 1. The topological polar surface area (TPSA) is 44.5 Å². The second kappa shape index (κ2) is 5.00. The van der Waals surface area contributed by atoms with Crippen molar-refractivity contribution in [2.75, 3.05) is 7.11 Å². The van der Waals surface area contributed by atoms with Crippen LogP contribution in [0.4, 0.5) is 0 Å². The molecule has 1 aliphatic rings. The average Bonchev–Trinajstić information content (AvgIpc) is 2.41. The molecule has 3 unspecified atom stereocenters. The fourth-order valence-electron chi connectivity index (χ4n) is 2.56. The van der Waals surface area contributed by atoms with Gasteiger partial charge in [-0.05, 0) is 12.1 Å². The van der Waals surface area contributed by atoms with Crippen LogP contribution >= 0.6 is 11.6 Å². The molecule has 3 rings (SSSR count). The molecule has 1 fully saturated rings. The standard InChI is InChI=1S/C15H16ClNO2/c1-18-15-12(17)8-14(15)19-13-7-6-11(16)9-4-2-3-5-10(9)13/h2-7,12,14-15H,8,17H2,1H3. The minimum atomic E-state index is -0.0329. The highest BCUT2D eigenvalue weighted by Crippen LogP contribution is 2.34. The van der Waals surface area contributed by atoms with Crippen LogP contribution in [-0.4, -0.2) is 25.4 Å². The number of rotatable bonds is 3. The molecule has 1 aliphatic carbocycles. The molecule has 0 aliphatic heterocycles. The maximum atomic E-state index is 6.19. The smallest absolute Gasteiger partial charge is 0.128 e. The van der Waals surface area contributed by atoms with Crippen LogP contribution in [0.5, 0.6) is 5.75 Å². The van der Waals surface area contributed by atoms with Gasteiger partial charge in [-0.2, -0.15) is 0 Å². The van der Waals surface area contributed by atoms with Gasteiger partial charge in [-0.1, -0.05) is 35.9 Å². The summed E-state index contributed by atoms with van der Waals surface area (Å²) in [5, 5.41) is 2.75. The predicted octanol–water partition coefficient (Wildman–Crippen LogP) is 2.99. The molecule has 0 heterocycles. The molecule has 0 bridgehead atoms. The summed E-state index contributed by atoms with van der Waals surface area (Å²) in [6, 6.07) is 11.8. The van der Waals surface area contributed by atoms with E-state index in [1.165, 1.54) is 0 Å². The summed E-state index contributed by atoms with van der Waals surface area (Å²) in [5.41, 5.74) is 5.89. The number of methoxy groups -OCH3 is 1. The Labute approximate surface area is 117 Å². The van der Waals surface area contributed by atoms with E-state index in [2.05, 4.69) is 0 Å². The predicted molar refractivity (Wildman–Crippen MR) is 76.8 cm³/mol. The van der Waals surface area contributed by atoms with Crippen molar-refractivity contribution in [1.29, 1.82) is 0 Å². The fraction of sp³-hybridized carbons (Fsp3) is 0.333. The highest BCUT2D eigenvalue weighted by Gasteiger charge is 2.41. The van der Waals surface area contributed by atoms with Crippen LogP contribution in [0.3, 0.4) is 0 Å². The molecule has 0 aromatic heterocycles. The summed E-state index contributed by atoms with van der Waals surface area (Å²) in [4.78, 5) is 0. The molecule has 0 spiro atoms. The normalized spacial score (nSPS) is 26.2. The molecule has 0 saturated heterocycles. The van der Waals surface area contributed by atoms with Crippen molar-refractivity contribution in [3.8, 4) is 5.75 Å². The largest absolute Gasteiger partial charge is 0.487 e. The summed E-state index contributed by atoms with van der Waals surface area (Å²) in [6.45, 7) is 0. The first-order valence-corrected chi connectivity index (χ1v) is 6.71. The lowest BCUT2D eigenvalue weighted by Crippen LogP contribution is -2.59. The molecule has 4 heteroatoms. The van der Waals surface area contributed by atoms with E-state index >= 15 is 0 Å². The van der Waals surface area contributed by atoms with Gasteiger partial charge in [0.1, 0.15) is 18.0 Å². The summed E-state index contributed by atoms with van der Waals surface area (Å²) >= 11 is 6.19. The van der Waals surface area contributed by atoms with E-state index in [9.17, 15) is 0 Å². The molecule has 0 amide bonds. The number of nitrogens with two attached hydrogens (primary N) is 1. The average molecular weight is 278 g/mol. The van der Waals surface area contributed by atoms with Crippen molar-refractivity contribution in [1.82, 2.24) is 0 Å². The Morgan fingerprint density at radius 3 is 2.58 bits per heavy atom. The van der Waals surface area contributed by atoms with E-state index < -0.39 is 0 Å². The molecule has 100 valence electrons. The summed E-state index contributed by atoms with van der Waals surface area (Å²) in [6.07, 6.45) is 0.800. The van der Waals surface area contributed by atoms with Crippen LogP contribution < -0.4 is 10.5 Å². The molecule has 19 heavy (non-hydrogen) atoms. The zero-order valence-corrected chi connectivity index (χ0v) is 11.4. The SMILES string of the molecule is COC1C(N)CC1Oc1ccc(Cl)c2ccccc12. The lowest BCUT2D eigenvalue weighted by atomic mass is 9.86. The van der Waals surface area contributed by atoms with Crippen molar-refractivity contribution < 1.29 is 9.47 Å². The van der Waals surface area contributed by atoms with Crippen LogP contribution in [0.2, 0.25) is 5.02 Å². The Morgan fingerprint density at radius 1 is 1.16 bits per heavy atom. The zero-order chi connectivity index (χ0) is 13.4. The van der Waals surface area contributed by atoms with Gasteiger partial charge in [0.05, 0.1) is 0 Å². The van der Waals surface area contributed by atoms with Gasteiger partial charge in [-0.15, -0.1) is 0 Å². The molecule has 2 N–H and O–H groups in total. The lowest BCUT2D eigenvalue weighted by molar-refractivity contribution is -0.0776. The highest BCUT2D eigenvalue weighted by atomic mass is 35.5. The first-order valence-electron chi connectivity index (χ1n) is 6.33. The van der Waals surface area contributed by atoms with E-state index in [1.807, 2.05) is 36.4 Å². The Morgan fingerprint density at radius 2 is 1.89 bits per heavy atom. The van der Waals surface area contributed by atoms with Crippen LogP contribution in [0, 0.1) is 0 Å². The number of benzene rings is 2. The summed E-state index contributed by atoms with van der Waals surface area (Å²) < 4.78 is 11.4. The molecule has 0 radical (unpaired) electrons. The third-order valence-corrected chi connectivity index (χ3v) is 4.00. The van der Waals surface area contributed by atoms with Crippen molar-refractivity contribution in [3.63, 3.8) is 0 Å². The van der Waals surface area contributed by atoms with Gasteiger partial charge in [0.15, 0.2) is 0 Å². The van der Waals surface area contributed by atoms with E-state index in [1.54, 1.807) is 7.11 Å². The molecule has 3 nitrogen and oxygen atoms in total. The van der Waals surface area contributed by atoms with E-state index in [0.29, 0.717) is 0 Å². The molecular weight excluding hydrogens is 262 g/mol. The van der Waals surface area contributed by atoms with Crippen LogP contribution in [0.1, 0.15) is 6.42 Å². The molecule has 2 aromatic carbocycles. The zero-order valence-electron chi connectivity index (χ0n) is 10.7. The van der Waals surface area contributed by atoms with Crippen LogP contribution in [0.15, 0.2) is 36.4 Å². The number of hydrogen-bond acceptors (Lipinski definition) is 3. The number of fused-ring (bicyclic) bond motifs is 1. The van der Waals surface area contributed by atoms with E-state index in [0.717, 1.165) is 28.0 Å².